The van der Waals surface area contributed by atoms with Crippen LogP contribution in [0.2, 0.25) is 0 Å². The maximum atomic E-state index is 10.7. The second-order valence-corrected chi connectivity index (χ2v) is 3.09. The second kappa shape index (κ2) is 4.01. The minimum absolute atomic E-state index is 0.0410. The Morgan fingerprint density at radius 3 is 2.75 bits per heavy atom. The number of anilines is 1. The molecule has 6 heteroatoms. The maximum absolute atomic E-state index is 10.7. The summed E-state index contributed by atoms with van der Waals surface area (Å²) >= 11 is 0. The van der Waals surface area contributed by atoms with Crippen LogP contribution in [-0.2, 0) is 0 Å². The van der Waals surface area contributed by atoms with Crippen molar-refractivity contribution in [1.82, 2.24) is 9.97 Å². The molecule has 0 atom stereocenters. The summed E-state index contributed by atoms with van der Waals surface area (Å²) < 4.78 is 5.06. The molecule has 0 unspecified atom stereocenters. The summed E-state index contributed by atoms with van der Waals surface area (Å²) in [5.74, 6) is 0. The molecule has 2 aromatic rings. The van der Waals surface area contributed by atoms with Crippen LogP contribution in [0.15, 0.2) is 35.2 Å². The van der Waals surface area contributed by atoms with Crippen LogP contribution >= 0.6 is 0 Å². The van der Waals surface area contributed by atoms with E-state index in [0.717, 1.165) is 10.5 Å². The quantitative estimate of drug-likeness (QED) is 0.833. The van der Waals surface area contributed by atoms with Gasteiger partial charge in [-0.15, -0.1) is 0 Å². The van der Waals surface area contributed by atoms with Gasteiger partial charge in [-0.1, -0.05) is 0 Å². The Labute approximate surface area is 91.2 Å². The number of carbonyl (C=O) groups is 1. The monoisotopic (exact) mass is 219 g/mol. The number of aromatic nitrogens is 2. The van der Waals surface area contributed by atoms with Crippen molar-refractivity contribution in [3.8, 4) is 11.3 Å². The first-order valence-corrected chi connectivity index (χ1v) is 4.51. The zero-order valence-corrected chi connectivity index (χ0v) is 8.49. The van der Waals surface area contributed by atoms with Crippen molar-refractivity contribution in [2.75, 3.05) is 11.9 Å². The average Bonchev–Trinajstić information content (AvgIpc) is 2.78. The Morgan fingerprint density at radius 2 is 2.12 bits per heavy atom. The molecule has 16 heavy (non-hydrogen) atoms. The van der Waals surface area contributed by atoms with Crippen molar-refractivity contribution in [3.63, 3.8) is 0 Å². The summed E-state index contributed by atoms with van der Waals surface area (Å²) in [5, 5.41) is 8.73. The van der Waals surface area contributed by atoms with Crippen LogP contribution in [0.3, 0.4) is 0 Å². The third kappa shape index (κ3) is 1.85. The molecule has 1 amide bonds. The number of carboxylic acid groups (broad SMARTS) is 1. The highest BCUT2D eigenvalue weighted by Gasteiger charge is 2.15. The highest BCUT2D eigenvalue weighted by atomic mass is 16.4. The van der Waals surface area contributed by atoms with Gasteiger partial charge in [0, 0.05) is 25.0 Å². The fraction of sp³-hybridized carbons (Fsp3) is 0.100. The molecule has 2 aromatic heterocycles. The van der Waals surface area contributed by atoms with Crippen LogP contribution in [0.4, 0.5) is 10.8 Å². The Morgan fingerprint density at radius 1 is 1.44 bits per heavy atom. The van der Waals surface area contributed by atoms with Crippen LogP contribution in [0, 0.1) is 0 Å². The molecular formula is C10H9N3O3. The first-order valence-electron chi connectivity index (χ1n) is 4.51. The first-order chi connectivity index (χ1) is 7.68. The molecule has 0 aliphatic rings. The predicted octanol–water partition coefficient (Wildman–Crippen LogP) is 1.85. The fourth-order valence-electron chi connectivity index (χ4n) is 1.16. The number of hydrogen-bond donors (Lipinski definition) is 1. The molecule has 0 bridgehead atoms. The van der Waals surface area contributed by atoms with E-state index in [2.05, 4.69) is 9.97 Å². The molecule has 0 aliphatic carbocycles. The van der Waals surface area contributed by atoms with E-state index in [-0.39, 0.29) is 6.01 Å². The van der Waals surface area contributed by atoms with Gasteiger partial charge in [-0.2, -0.15) is 4.98 Å². The van der Waals surface area contributed by atoms with Crippen molar-refractivity contribution in [3.05, 3.63) is 30.8 Å². The maximum Gasteiger partial charge on any atom is 0.415 e. The molecule has 0 aliphatic heterocycles. The molecule has 2 rings (SSSR count). The second-order valence-electron chi connectivity index (χ2n) is 3.09. The third-order valence-corrected chi connectivity index (χ3v) is 2.04. The van der Waals surface area contributed by atoms with Crippen LogP contribution in [0.1, 0.15) is 0 Å². The van der Waals surface area contributed by atoms with Gasteiger partial charge in [0.05, 0.1) is 0 Å². The molecule has 0 fully saturated rings. The lowest BCUT2D eigenvalue weighted by molar-refractivity contribution is 0.202. The molecule has 82 valence electrons. The molecule has 1 N–H and O–H groups in total. The van der Waals surface area contributed by atoms with Crippen LogP contribution < -0.4 is 4.90 Å². The molecule has 2 heterocycles. The normalized spacial score (nSPS) is 10.1. The Balaban J connectivity index is 2.30. The summed E-state index contributed by atoms with van der Waals surface area (Å²) in [6.45, 7) is 0. The van der Waals surface area contributed by atoms with Gasteiger partial charge in [0.2, 0.25) is 0 Å². The molecule has 6 nitrogen and oxygen atoms in total. The SMILES string of the molecule is CN(C(=O)O)c1nc(-c2ccncc2)co1. The van der Waals surface area contributed by atoms with Gasteiger partial charge in [-0.3, -0.25) is 4.98 Å². The fourth-order valence-corrected chi connectivity index (χ4v) is 1.16. The summed E-state index contributed by atoms with van der Waals surface area (Å²) in [5.41, 5.74) is 1.40. The molecule has 0 radical (unpaired) electrons. The van der Waals surface area contributed by atoms with Gasteiger partial charge in [-0.05, 0) is 12.1 Å². The zero-order valence-electron chi connectivity index (χ0n) is 8.49. The van der Waals surface area contributed by atoms with E-state index in [9.17, 15) is 4.79 Å². The van der Waals surface area contributed by atoms with Gasteiger partial charge < -0.3 is 9.52 Å². The lowest BCUT2D eigenvalue weighted by Gasteiger charge is -2.05. The van der Waals surface area contributed by atoms with Gasteiger partial charge in [0.1, 0.15) is 12.0 Å². The van der Waals surface area contributed by atoms with E-state index in [1.807, 2.05) is 0 Å². The van der Waals surface area contributed by atoms with Crippen molar-refractivity contribution in [2.45, 2.75) is 0 Å². The summed E-state index contributed by atoms with van der Waals surface area (Å²) in [4.78, 5) is 19.5. The standard InChI is InChI=1S/C10H9N3O3/c1-13(10(14)15)9-12-8(6-16-9)7-2-4-11-5-3-7/h2-6H,1H3,(H,14,15). The first kappa shape index (κ1) is 10.2. The Hall–Kier alpha value is -2.37. The Kier molecular flexibility index (Phi) is 2.55. The highest BCUT2D eigenvalue weighted by molar-refractivity contribution is 5.82. The summed E-state index contributed by atoms with van der Waals surface area (Å²) in [6.07, 6.45) is 3.54. The number of rotatable bonds is 2. The molecule has 0 aromatic carbocycles. The molecule has 0 saturated carbocycles. The largest absolute Gasteiger partial charge is 0.465 e. The van der Waals surface area contributed by atoms with E-state index >= 15 is 0 Å². The molecule has 0 spiro atoms. The minimum Gasteiger partial charge on any atom is -0.465 e. The van der Waals surface area contributed by atoms with Crippen LogP contribution in [0.25, 0.3) is 11.3 Å². The topological polar surface area (TPSA) is 79.5 Å². The number of nitrogens with zero attached hydrogens (tertiary/aromatic N) is 3. The van der Waals surface area contributed by atoms with Gasteiger partial charge in [-0.25, -0.2) is 9.69 Å². The van der Waals surface area contributed by atoms with Gasteiger partial charge in [0.25, 0.3) is 0 Å². The van der Waals surface area contributed by atoms with E-state index in [4.69, 9.17) is 9.52 Å². The van der Waals surface area contributed by atoms with Crippen LogP contribution in [0.5, 0.6) is 0 Å². The number of oxazole rings is 1. The number of amides is 1. The summed E-state index contributed by atoms with van der Waals surface area (Å²) in [7, 11) is 1.37. The van der Waals surface area contributed by atoms with Gasteiger partial charge >= 0.3 is 12.1 Å². The third-order valence-electron chi connectivity index (χ3n) is 2.04. The zero-order chi connectivity index (χ0) is 11.5. The average molecular weight is 219 g/mol. The van der Waals surface area contributed by atoms with Crippen molar-refractivity contribution in [2.24, 2.45) is 0 Å². The molecule has 0 saturated heterocycles. The lowest BCUT2D eigenvalue weighted by atomic mass is 10.2. The van der Waals surface area contributed by atoms with Crippen molar-refractivity contribution < 1.29 is 14.3 Å². The van der Waals surface area contributed by atoms with Gasteiger partial charge in [0.15, 0.2) is 0 Å². The van der Waals surface area contributed by atoms with E-state index in [1.54, 1.807) is 24.5 Å². The van der Waals surface area contributed by atoms with Crippen molar-refractivity contribution >= 4 is 12.1 Å². The van der Waals surface area contributed by atoms with E-state index < -0.39 is 6.09 Å². The summed E-state index contributed by atoms with van der Waals surface area (Å²) in [6, 6.07) is 3.57. The van der Waals surface area contributed by atoms with E-state index in [0.29, 0.717) is 5.69 Å². The Bertz CT molecular complexity index is 495. The smallest absolute Gasteiger partial charge is 0.415 e. The van der Waals surface area contributed by atoms with Crippen LogP contribution in [-0.4, -0.2) is 28.2 Å². The van der Waals surface area contributed by atoms with E-state index in [1.165, 1.54) is 13.3 Å². The van der Waals surface area contributed by atoms with Crippen molar-refractivity contribution in [1.29, 1.82) is 0 Å². The predicted molar refractivity (Wildman–Crippen MR) is 56.2 cm³/mol. The lowest BCUT2D eigenvalue weighted by Crippen LogP contribution is -2.23. The highest BCUT2D eigenvalue weighted by Crippen LogP contribution is 2.21. The number of hydrogen-bond acceptors (Lipinski definition) is 4. The minimum atomic E-state index is -1.12. The number of pyridine rings is 1. The molecular weight excluding hydrogens is 210 g/mol.